The van der Waals surface area contributed by atoms with E-state index >= 15 is 0 Å². The summed E-state index contributed by atoms with van der Waals surface area (Å²) in [7, 11) is 0. The minimum absolute atomic E-state index is 0.168. The summed E-state index contributed by atoms with van der Waals surface area (Å²) in [5.74, 6) is 3.84. The first-order valence-electron chi connectivity index (χ1n) is 7.33. The average Bonchev–Trinajstić information content (AvgIpc) is 3.19. The highest BCUT2D eigenvalue weighted by atomic mass is 35.5. The summed E-state index contributed by atoms with van der Waals surface area (Å²) in [5.41, 5.74) is 7.93. The van der Waals surface area contributed by atoms with Crippen molar-refractivity contribution in [2.75, 3.05) is 11.9 Å². The first-order chi connectivity index (χ1) is 11.6. The zero-order valence-electron chi connectivity index (χ0n) is 12.8. The summed E-state index contributed by atoms with van der Waals surface area (Å²) in [6, 6.07) is 4.86. The van der Waals surface area contributed by atoms with Gasteiger partial charge in [-0.05, 0) is 12.1 Å². The van der Waals surface area contributed by atoms with Crippen molar-refractivity contribution in [1.29, 1.82) is 0 Å². The van der Waals surface area contributed by atoms with E-state index in [1.165, 1.54) is 0 Å². The van der Waals surface area contributed by atoms with Crippen LogP contribution in [0.3, 0.4) is 0 Å². The number of fused-ring (bicyclic) bond motifs is 1. The average molecular weight is 346 g/mol. The fraction of sp³-hybridized carbons (Fsp3) is 0.235. The zero-order valence-corrected chi connectivity index (χ0v) is 13.5. The maximum atomic E-state index is 9.15. The van der Waals surface area contributed by atoms with Crippen molar-refractivity contribution in [2.45, 2.75) is 19.0 Å². The molecule has 1 atom stereocenters. The molecule has 0 amide bonds. The fourth-order valence-corrected chi connectivity index (χ4v) is 2.60. The molecule has 124 valence electrons. The highest BCUT2D eigenvalue weighted by molar-refractivity contribution is 6.30. The molecule has 0 radical (unpaired) electrons. The van der Waals surface area contributed by atoms with Crippen LogP contribution in [0, 0.1) is 12.3 Å². The highest BCUT2D eigenvalue weighted by Crippen LogP contribution is 2.32. The van der Waals surface area contributed by atoms with Crippen molar-refractivity contribution in [3.8, 4) is 12.3 Å². The second-order valence-electron chi connectivity index (χ2n) is 5.29. The van der Waals surface area contributed by atoms with E-state index in [1.54, 1.807) is 12.3 Å². The second-order valence-corrected chi connectivity index (χ2v) is 5.68. The van der Waals surface area contributed by atoms with Crippen molar-refractivity contribution in [2.24, 2.45) is 5.73 Å². The monoisotopic (exact) mass is 345 g/mol. The zero-order chi connectivity index (χ0) is 17.1. The van der Waals surface area contributed by atoms with E-state index in [1.807, 2.05) is 12.1 Å². The lowest BCUT2D eigenvalue weighted by Crippen LogP contribution is -2.26. The number of pyridine rings is 1. The molecule has 3 aromatic heterocycles. The number of halogens is 1. The molecule has 0 bridgehead atoms. The number of aromatic nitrogens is 1. The SMILES string of the molecule is C#Cc1c(C[C@@H](N)CO)oc2c(NCc3ccco3)cc(Cl)nc12. The molecule has 0 aliphatic rings. The number of hydrogen-bond acceptors (Lipinski definition) is 6. The number of furan rings is 2. The van der Waals surface area contributed by atoms with Gasteiger partial charge in [0.15, 0.2) is 5.58 Å². The van der Waals surface area contributed by atoms with E-state index in [2.05, 4.69) is 16.2 Å². The van der Waals surface area contributed by atoms with Gasteiger partial charge < -0.3 is 25.0 Å². The van der Waals surface area contributed by atoms with Gasteiger partial charge in [0.25, 0.3) is 0 Å². The van der Waals surface area contributed by atoms with Gasteiger partial charge in [-0.2, -0.15) is 0 Å². The Hall–Kier alpha value is -2.46. The number of aliphatic hydroxyl groups excluding tert-OH is 1. The van der Waals surface area contributed by atoms with Crippen LogP contribution in [0.1, 0.15) is 17.1 Å². The number of rotatable bonds is 6. The van der Waals surface area contributed by atoms with Gasteiger partial charge in [-0.1, -0.05) is 17.5 Å². The van der Waals surface area contributed by atoms with E-state index < -0.39 is 6.04 Å². The quantitative estimate of drug-likeness (QED) is 0.469. The van der Waals surface area contributed by atoms with Crippen LogP contribution in [-0.4, -0.2) is 22.7 Å². The van der Waals surface area contributed by atoms with E-state index in [0.717, 1.165) is 5.76 Å². The van der Waals surface area contributed by atoms with Crippen LogP contribution in [0.25, 0.3) is 11.1 Å². The topological polar surface area (TPSA) is 97.5 Å². The predicted molar refractivity (Wildman–Crippen MR) is 91.8 cm³/mol. The number of nitrogens with one attached hydrogen (secondary N) is 1. The Morgan fingerprint density at radius 1 is 1.50 bits per heavy atom. The van der Waals surface area contributed by atoms with Gasteiger partial charge in [0.2, 0.25) is 0 Å². The van der Waals surface area contributed by atoms with Crippen LogP contribution in [0.4, 0.5) is 5.69 Å². The van der Waals surface area contributed by atoms with Gasteiger partial charge in [-0.3, -0.25) is 0 Å². The van der Waals surface area contributed by atoms with E-state index in [9.17, 15) is 0 Å². The van der Waals surface area contributed by atoms with Crippen molar-refractivity contribution in [3.63, 3.8) is 0 Å². The Balaban J connectivity index is 2.01. The summed E-state index contributed by atoms with van der Waals surface area (Å²) in [4.78, 5) is 4.27. The Labute approximate surface area is 143 Å². The Morgan fingerprint density at radius 2 is 2.33 bits per heavy atom. The smallest absolute Gasteiger partial charge is 0.177 e. The summed E-state index contributed by atoms with van der Waals surface area (Å²) >= 11 is 6.11. The lowest BCUT2D eigenvalue weighted by atomic mass is 10.1. The van der Waals surface area contributed by atoms with Crippen LogP contribution in [0.2, 0.25) is 5.15 Å². The molecule has 4 N–H and O–H groups in total. The van der Waals surface area contributed by atoms with Crippen molar-refractivity contribution >= 4 is 28.4 Å². The summed E-state index contributed by atoms with van der Waals surface area (Å²) in [6.07, 6.45) is 7.51. The number of nitrogens with zero attached hydrogens (tertiary/aromatic N) is 1. The van der Waals surface area contributed by atoms with Gasteiger partial charge in [0.05, 0.1) is 30.7 Å². The van der Waals surface area contributed by atoms with E-state index in [0.29, 0.717) is 46.2 Å². The molecule has 0 fully saturated rings. The van der Waals surface area contributed by atoms with Gasteiger partial charge in [0, 0.05) is 18.5 Å². The number of aliphatic hydroxyl groups is 1. The number of terminal acetylenes is 1. The summed E-state index contributed by atoms with van der Waals surface area (Å²) in [5, 5.41) is 12.6. The molecule has 3 rings (SSSR count). The standard InChI is InChI=1S/C17H16ClN3O3/c1-2-12-14(6-10(19)9-22)24-17-13(7-15(18)21-16(12)17)20-8-11-4-3-5-23-11/h1,3-5,7,10,22H,6,8-9,19H2,(H,20,21)/t10-/m1/s1. The third-order valence-electron chi connectivity index (χ3n) is 3.54. The van der Waals surface area contributed by atoms with Gasteiger partial charge in [-0.25, -0.2) is 4.98 Å². The van der Waals surface area contributed by atoms with Crippen molar-refractivity contribution in [1.82, 2.24) is 4.98 Å². The molecule has 24 heavy (non-hydrogen) atoms. The Bertz CT molecular complexity index is 881. The molecular weight excluding hydrogens is 330 g/mol. The van der Waals surface area contributed by atoms with Gasteiger partial charge >= 0.3 is 0 Å². The molecule has 0 aromatic carbocycles. The largest absolute Gasteiger partial charge is 0.467 e. The molecule has 7 heteroatoms. The van der Waals surface area contributed by atoms with Gasteiger partial charge in [0.1, 0.15) is 22.2 Å². The van der Waals surface area contributed by atoms with E-state index in [4.69, 9.17) is 37.7 Å². The number of hydrogen-bond donors (Lipinski definition) is 3. The van der Waals surface area contributed by atoms with Crippen LogP contribution in [-0.2, 0) is 13.0 Å². The van der Waals surface area contributed by atoms with Crippen LogP contribution >= 0.6 is 11.6 Å². The molecule has 3 heterocycles. The molecule has 0 aliphatic heterocycles. The maximum Gasteiger partial charge on any atom is 0.177 e. The minimum Gasteiger partial charge on any atom is -0.467 e. The van der Waals surface area contributed by atoms with Crippen molar-refractivity contribution in [3.05, 3.63) is 46.7 Å². The third-order valence-corrected chi connectivity index (χ3v) is 3.74. The maximum absolute atomic E-state index is 9.15. The molecular formula is C17H16ClN3O3. The highest BCUT2D eigenvalue weighted by Gasteiger charge is 2.20. The molecule has 3 aromatic rings. The van der Waals surface area contributed by atoms with E-state index in [-0.39, 0.29) is 6.61 Å². The van der Waals surface area contributed by atoms with Crippen molar-refractivity contribution < 1.29 is 13.9 Å². The predicted octanol–water partition coefficient (Wildman–Crippen LogP) is 2.53. The lowest BCUT2D eigenvalue weighted by Gasteiger charge is -2.06. The Morgan fingerprint density at radius 3 is 3.00 bits per heavy atom. The first-order valence-corrected chi connectivity index (χ1v) is 7.71. The van der Waals surface area contributed by atoms with Gasteiger partial charge in [-0.15, -0.1) is 6.42 Å². The van der Waals surface area contributed by atoms with Crippen LogP contribution < -0.4 is 11.1 Å². The second kappa shape index (κ2) is 6.97. The summed E-state index contributed by atoms with van der Waals surface area (Å²) in [6.45, 7) is 0.291. The minimum atomic E-state index is -0.465. The first kappa shape index (κ1) is 16.4. The molecule has 6 nitrogen and oxygen atoms in total. The Kier molecular flexibility index (Phi) is 4.76. The normalized spacial score (nSPS) is 12.2. The lowest BCUT2D eigenvalue weighted by molar-refractivity contribution is 0.261. The molecule has 0 unspecified atom stereocenters. The van der Waals surface area contributed by atoms with Crippen LogP contribution in [0.5, 0.6) is 0 Å². The number of nitrogens with two attached hydrogens (primary N) is 1. The third kappa shape index (κ3) is 3.24. The molecule has 0 saturated heterocycles. The molecule has 0 saturated carbocycles. The fourth-order valence-electron chi connectivity index (χ4n) is 2.40. The molecule has 0 spiro atoms. The van der Waals surface area contributed by atoms with Crippen LogP contribution in [0.15, 0.2) is 33.3 Å². The summed E-state index contributed by atoms with van der Waals surface area (Å²) < 4.78 is 11.2. The number of anilines is 1. The molecule has 0 aliphatic carbocycles.